The lowest BCUT2D eigenvalue weighted by Gasteiger charge is -2.32. The van der Waals surface area contributed by atoms with Gasteiger partial charge in [-0.05, 0) is 42.0 Å². The van der Waals surface area contributed by atoms with Crippen LogP contribution in [0.1, 0.15) is 11.7 Å². The summed E-state index contributed by atoms with van der Waals surface area (Å²) in [4.78, 5) is 14.2. The van der Waals surface area contributed by atoms with E-state index in [2.05, 4.69) is 26.1 Å². The molecule has 1 fully saturated rings. The molecule has 1 unspecified atom stereocenters. The first-order valence-electron chi connectivity index (χ1n) is 8.84. The fraction of sp³-hybridized carbons (Fsp3) is 0.350. The van der Waals surface area contributed by atoms with Crippen molar-refractivity contribution in [1.82, 2.24) is 10.2 Å². The van der Waals surface area contributed by atoms with E-state index in [4.69, 9.17) is 9.47 Å². The smallest absolute Gasteiger partial charge is 0.234 e. The Morgan fingerprint density at radius 2 is 2.11 bits per heavy atom. The molecule has 2 aromatic rings. The Bertz CT molecular complexity index is 757. The van der Waals surface area contributed by atoms with Crippen LogP contribution in [0.3, 0.4) is 0 Å². The Kier molecular flexibility index (Phi) is 7.20. The number of nitrogens with one attached hydrogen (secondary N) is 1. The standard InChI is InChI=1S/C20H22BrFN2O3/c21-16-3-1-2-15(12-16)19-13-24(9-11-27-19)14-20(25)23-8-10-26-18-6-4-17(22)5-7-18/h1-7,12,19H,8-11,13-14H2,(H,23,25). The highest BCUT2D eigenvalue weighted by atomic mass is 79.9. The van der Waals surface area contributed by atoms with Gasteiger partial charge in [-0.15, -0.1) is 0 Å². The molecule has 0 bridgehead atoms. The molecule has 0 aromatic heterocycles. The van der Waals surface area contributed by atoms with Crippen LogP contribution in [-0.4, -0.2) is 50.2 Å². The predicted molar refractivity (Wildman–Crippen MR) is 104 cm³/mol. The minimum absolute atomic E-state index is 0.0362. The average molecular weight is 437 g/mol. The number of ether oxygens (including phenoxy) is 2. The Labute approximate surface area is 166 Å². The van der Waals surface area contributed by atoms with Crippen LogP contribution in [0.4, 0.5) is 4.39 Å². The Morgan fingerprint density at radius 3 is 2.89 bits per heavy atom. The highest BCUT2D eigenvalue weighted by molar-refractivity contribution is 9.10. The van der Waals surface area contributed by atoms with Gasteiger partial charge in [0, 0.05) is 17.6 Å². The summed E-state index contributed by atoms with van der Waals surface area (Å²) in [5, 5.41) is 2.85. The quantitative estimate of drug-likeness (QED) is 0.677. The lowest BCUT2D eigenvalue weighted by molar-refractivity contribution is -0.124. The summed E-state index contributed by atoms with van der Waals surface area (Å²) in [6.07, 6.45) is -0.0362. The second kappa shape index (κ2) is 9.82. The highest BCUT2D eigenvalue weighted by Gasteiger charge is 2.23. The van der Waals surface area contributed by atoms with Crippen molar-refractivity contribution < 1.29 is 18.7 Å². The van der Waals surface area contributed by atoms with Crippen molar-refractivity contribution in [3.8, 4) is 5.75 Å². The van der Waals surface area contributed by atoms with E-state index in [0.717, 1.165) is 16.6 Å². The van der Waals surface area contributed by atoms with Crippen LogP contribution in [0.5, 0.6) is 5.75 Å². The molecule has 0 aliphatic carbocycles. The lowest BCUT2D eigenvalue weighted by atomic mass is 10.1. The average Bonchev–Trinajstić information content (AvgIpc) is 2.67. The van der Waals surface area contributed by atoms with Gasteiger partial charge < -0.3 is 14.8 Å². The maximum absolute atomic E-state index is 12.8. The van der Waals surface area contributed by atoms with E-state index in [-0.39, 0.29) is 17.8 Å². The first-order chi connectivity index (χ1) is 13.1. The molecule has 1 saturated heterocycles. The van der Waals surface area contributed by atoms with Crippen LogP contribution >= 0.6 is 15.9 Å². The molecule has 1 aliphatic rings. The second-order valence-electron chi connectivity index (χ2n) is 6.30. The van der Waals surface area contributed by atoms with E-state index in [1.807, 2.05) is 24.3 Å². The van der Waals surface area contributed by atoms with Gasteiger partial charge in [-0.25, -0.2) is 4.39 Å². The van der Waals surface area contributed by atoms with Crippen molar-refractivity contribution in [3.05, 3.63) is 64.4 Å². The number of carbonyl (C=O) groups excluding carboxylic acids is 1. The van der Waals surface area contributed by atoms with Crippen LogP contribution in [0, 0.1) is 5.82 Å². The van der Waals surface area contributed by atoms with Crippen molar-refractivity contribution in [1.29, 1.82) is 0 Å². The van der Waals surface area contributed by atoms with Gasteiger partial charge in [-0.1, -0.05) is 28.1 Å². The van der Waals surface area contributed by atoms with Crippen molar-refractivity contribution in [3.63, 3.8) is 0 Å². The molecule has 0 saturated carbocycles. The summed E-state index contributed by atoms with van der Waals surface area (Å²) in [6, 6.07) is 13.8. The van der Waals surface area contributed by atoms with Gasteiger partial charge in [0.2, 0.25) is 5.91 Å². The summed E-state index contributed by atoms with van der Waals surface area (Å²) < 4.78 is 25.2. The SMILES string of the molecule is O=C(CN1CCOC(c2cccc(Br)c2)C1)NCCOc1ccc(F)cc1. The fourth-order valence-electron chi connectivity index (χ4n) is 2.90. The molecule has 5 nitrogen and oxygen atoms in total. The molecular formula is C20H22BrFN2O3. The van der Waals surface area contributed by atoms with E-state index in [1.165, 1.54) is 12.1 Å². The molecule has 1 aliphatic heterocycles. The van der Waals surface area contributed by atoms with Crippen molar-refractivity contribution in [2.24, 2.45) is 0 Å². The summed E-state index contributed by atoms with van der Waals surface area (Å²) in [5.74, 6) is 0.227. The van der Waals surface area contributed by atoms with E-state index in [1.54, 1.807) is 12.1 Å². The van der Waals surface area contributed by atoms with Gasteiger partial charge >= 0.3 is 0 Å². The first-order valence-corrected chi connectivity index (χ1v) is 9.64. The van der Waals surface area contributed by atoms with Crippen LogP contribution in [0.25, 0.3) is 0 Å². The third-order valence-electron chi connectivity index (χ3n) is 4.24. The third kappa shape index (κ3) is 6.30. The fourth-order valence-corrected chi connectivity index (χ4v) is 3.32. The number of hydrogen-bond donors (Lipinski definition) is 1. The number of halogens is 2. The van der Waals surface area contributed by atoms with Crippen molar-refractivity contribution in [2.45, 2.75) is 6.10 Å². The largest absolute Gasteiger partial charge is 0.492 e. The van der Waals surface area contributed by atoms with Gasteiger partial charge in [0.05, 0.1) is 25.8 Å². The summed E-state index contributed by atoms with van der Waals surface area (Å²) in [5.41, 5.74) is 1.10. The zero-order chi connectivity index (χ0) is 19.1. The Hall–Kier alpha value is -1.96. The molecular weight excluding hydrogens is 415 g/mol. The Morgan fingerprint density at radius 1 is 1.30 bits per heavy atom. The number of rotatable bonds is 7. The van der Waals surface area contributed by atoms with Crippen molar-refractivity contribution in [2.75, 3.05) is 39.4 Å². The van der Waals surface area contributed by atoms with Crippen LogP contribution in [0.2, 0.25) is 0 Å². The molecule has 0 radical (unpaired) electrons. The molecule has 1 N–H and O–H groups in total. The van der Waals surface area contributed by atoms with Gasteiger partial charge in [-0.3, -0.25) is 9.69 Å². The maximum atomic E-state index is 12.8. The second-order valence-corrected chi connectivity index (χ2v) is 7.22. The van der Waals surface area contributed by atoms with E-state index >= 15 is 0 Å². The van der Waals surface area contributed by atoms with E-state index in [9.17, 15) is 9.18 Å². The normalized spacial score (nSPS) is 17.5. The predicted octanol–water partition coefficient (Wildman–Crippen LogP) is 3.16. The molecule has 2 aromatic carbocycles. The number of amides is 1. The molecule has 1 atom stereocenters. The summed E-state index contributed by atoms with van der Waals surface area (Å²) in [7, 11) is 0. The number of morpholine rings is 1. The third-order valence-corrected chi connectivity index (χ3v) is 4.74. The highest BCUT2D eigenvalue weighted by Crippen LogP contribution is 2.24. The molecule has 7 heteroatoms. The number of carbonyl (C=O) groups is 1. The topological polar surface area (TPSA) is 50.8 Å². The van der Waals surface area contributed by atoms with Gasteiger partial charge in [0.1, 0.15) is 18.2 Å². The molecule has 144 valence electrons. The molecule has 3 rings (SSSR count). The van der Waals surface area contributed by atoms with Gasteiger partial charge in [0.15, 0.2) is 0 Å². The number of nitrogens with zero attached hydrogens (tertiary/aromatic N) is 1. The number of hydrogen-bond acceptors (Lipinski definition) is 4. The maximum Gasteiger partial charge on any atom is 0.234 e. The number of benzene rings is 2. The molecule has 1 heterocycles. The zero-order valence-corrected chi connectivity index (χ0v) is 16.5. The van der Waals surface area contributed by atoms with Gasteiger partial charge in [-0.2, -0.15) is 0 Å². The van der Waals surface area contributed by atoms with E-state index < -0.39 is 0 Å². The van der Waals surface area contributed by atoms with Crippen LogP contribution in [-0.2, 0) is 9.53 Å². The zero-order valence-electron chi connectivity index (χ0n) is 14.9. The van der Waals surface area contributed by atoms with E-state index in [0.29, 0.717) is 38.6 Å². The van der Waals surface area contributed by atoms with Gasteiger partial charge in [0.25, 0.3) is 0 Å². The molecule has 27 heavy (non-hydrogen) atoms. The molecule has 1 amide bonds. The summed E-state index contributed by atoms with van der Waals surface area (Å²) >= 11 is 3.48. The first kappa shape index (κ1) is 19.8. The Balaban J connectivity index is 1.39. The minimum Gasteiger partial charge on any atom is -0.492 e. The minimum atomic E-state index is -0.303. The summed E-state index contributed by atoms with van der Waals surface area (Å²) in [6.45, 7) is 3.05. The lowest BCUT2D eigenvalue weighted by Crippen LogP contribution is -2.44. The monoisotopic (exact) mass is 436 g/mol. The molecule has 0 spiro atoms. The van der Waals surface area contributed by atoms with Crippen LogP contribution < -0.4 is 10.1 Å². The van der Waals surface area contributed by atoms with Crippen molar-refractivity contribution >= 4 is 21.8 Å². The van der Waals surface area contributed by atoms with Crippen LogP contribution in [0.15, 0.2) is 53.0 Å².